The molecule has 2 rings (SSSR count). The number of unbranched alkanes of at least 4 members (excludes halogenated alkanes) is 16. The van der Waals surface area contributed by atoms with Crippen LogP contribution < -0.4 is 4.57 Å². The van der Waals surface area contributed by atoms with E-state index in [1.807, 2.05) is 0 Å². The summed E-state index contributed by atoms with van der Waals surface area (Å²) in [7, 11) is 0. The molecule has 1 aromatic heterocycles. The Bertz CT molecular complexity index is 724. The summed E-state index contributed by atoms with van der Waals surface area (Å²) >= 11 is 0. The highest BCUT2D eigenvalue weighted by molar-refractivity contribution is 5.52. The van der Waals surface area contributed by atoms with Gasteiger partial charge in [-0.3, -0.25) is 0 Å². The number of aryl methyl sites for hydroxylation is 1. The molecule has 0 aliphatic rings. The SMILES string of the molecule is CCCCCCCCCCCCCCCCOC[n+]1ccn(CCCCCC)c1-c1ccccc1. The van der Waals surface area contributed by atoms with E-state index in [0.29, 0.717) is 6.73 Å². The van der Waals surface area contributed by atoms with Gasteiger partial charge in [0, 0.05) is 0 Å². The maximum Gasteiger partial charge on any atom is 0.290 e. The highest BCUT2D eigenvalue weighted by Gasteiger charge is 2.19. The largest absolute Gasteiger partial charge is 0.342 e. The molecule has 35 heavy (non-hydrogen) atoms. The predicted molar refractivity (Wildman–Crippen MR) is 150 cm³/mol. The van der Waals surface area contributed by atoms with Gasteiger partial charge in [-0.25, -0.2) is 9.13 Å². The molecule has 0 radical (unpaired) electrons. The van der Waals surface area contributed by atoms with Crippen LogP contribution in [0.2, 0.25) is 0 Å². The van der Waals surface area contributed by atoms with Crippen molar-refractivity contribution >= 4 is 0 Å². The van der Waals surface area contributed by atoms with E-state index >= 15 is 0 Å². The van der Waals surface area contributed by atoms with Gasteiger partial charge in [0.05, 0.1) is 18.7 Å². The molecule has 0 unspecified atom stereocenters. The molecule has 3 heteroatoms. The number of benzene rings is 1. The van der Waals surface area contributed by atoms with Crippen LogP contribution in [-0.2, 0) is 18.0 Å². The van der Waals surface area contributed by atoms with Gasteiger partial charge < -0.3 is 4.74 Å². The predicted octanol–water partition coefficient (Wildman–Crippen LogP) is 9.48. The number of ether oxygens (including phenoxy) is 1. The van der Waals surface area contributed by atoms with E-state index in [-0.39, 0.29) is 0 Å². The highest BCUT2D eigenvalue weighted by atomic mass is 16.5. The number of imidazole rings is 1. The lowest BCUT2D eigenvalue weighted by atomic mass is 10.0. The first-order chi connectivity index (χ1) is 17.4. The van der Waals surface area contributed by atoms with Gasteiger partial charge in [-0.05, 0) is 31.4 Å². The van der Waals surface area contributed by atoms with Gasteiger partial charge in [-0.2, -0.15) is 0 Å². The van der Waals surface area contributed by atoms with Crippen LogP contribution in [0.5, 0.6) is 0 Å². The Morgan fingerprint density at radius 3 is 1.71 bits per heavy atom. The molecule has 0 amide bonds. The molecule has 1 aromatic carbocycles. The maximum atomic E-state index is 6.09. The Morgan fingerprint density at radius 1 is 0.629 bits per heavy atom. The summed E-state index contributed by atoms with van der Waals surface area (Å²) in [6.45, 7) is 7.15. The van der Waals surface area contributed by atoms with Gasteiger partial charge in [0.25, 0.3) is 5.82 Å². The topological polar surface area (TPSA) is 18.0 Å². The quantitative estimate of drug-likeness (QED) is 0.114. The number of aromatic nitrogens is 2. The third-order valence-electron chi connectivity index (χ3n) is 7.13. The van der Waals surface area contributed by atoms with Crippen molar-refractivity contribution in [1.29, 1.82) is 0 Å². The first kappa shape index (κ1) is 29.6. The Hall–Kier alpha value is -1.61. The molecule has 0 saturated carbocycles. The smallest absolute Gasteiger partial charge is 0.290 e. The van der Waals surface area contributed by atoms with Crippen molar-refractivity contribution in [3.63, 3.8) is 0 Å². The van der Waals surface area contributed by atoms with Crippen molar-refractivity contribution in [3.8, 4) is 11.4 Å². The molecular formula is C32H55N2O+. The van der Waals surface area contributed by atoms with Crippen LogP contribution in [0.4, 0.5) is 0 Å². The van der Waals surface area contributed by atoms with Crippen LogP contribution in [0.1, 0.15) is 129 Å². The molecule has 0 spiro atoms. The van der Waals surface area contributed by atoms with E-state index < -0.39 is 0 Å². The molecule has 0 atom stereocenters. The average molecular weight is 484 g/mol. The lowest BCUT2D eigenvalue weighted by molar-refractivity contribution is -0.722. The van der Waals surface area contributed by atoms with Crippen molar-refractivity contribution in [2.75, 3.05) is 6.61 Å². The Labute approximate surface area is 217 Å². The van der Waals surface area contributed by atoms with Gasteiger partial charge in [0.15, 0.2) is 6.73 Å². The van der Waals surface area contributed by atoms with E-state index in [0.717, 1.165) is 13.2 Å². The molecule has 0 fully saturated rings. The van der Waals surface area contributed by atoms with Crippen LogP contribution in [0.15, 0.2) is 42.7 Å². The second-order valence-electron chi connectivity index (χ2n) is 10.3. The average Bonchev–Trinajstić information content (AvgIpc) is 3.29. The van der Waals surface area contributed by atoms with Crippen LogP contribution in [-0.4, -0.2) is 11.2 Å². The van der Waals surface area contributed by atoms with Crippen molar-refractivity contribution in [2.45, 2.75) is 143 Å². The summed E-state index contributed by atoms with van der Waals surface area (Å²) in [5.74, 6) is 1.27. The fraction of sp³-hybridized carbons (Fsp3) is 0.719. The van der Waals surface area contributed by atoms with Gasteiger partial charge in [-0.1, -0.05) is 128 Å². The van der Waals surface area contributed by atoms with E-state index in [2.05, 4.69) is 65.7 Å². The summed E-state index contributed by atoms with van der Waals surface area (Å²) in [4.78, 5) is 0. The highest BCUT2D eigenvalue weighted by Crippen LogP contribution is 2.17. The maximum absolute atomic E-state index is 6.09. The van der Waals surface area contributed by atoms with Crippen LogP contribution in [0, 0.1) is 0 Å². The molecule has 0 N–H and O–H groups in total. The van der Waals surface area contributed by atoms with Crippen LogP contribution >= 0.6 is 0 Å². The minimum atomic E-state index is 0.643. The Morgan fingerprint density at radius 2 is 1.14 bits per heavy atom. The van der Waals surface area contributed by atoms with Gasteiger partial charge in [0.2, 0.25) is 0 Å². The van der Waals surface area contributed by atoms with E-state index in [1.165, 1.54) is 127 Å². The van der Waals surface area contributed by atoms with Crippen molar-refractivity contribution in [1.82, 2.24) is 4.57 Å². The van der Waals surface area contributed by atoms with Crippen LogP contribution in [0.3, 0.4) is 0 Å². The number of hydrogen-bond acceptors (Lipinski definition) is 1. The zero-order valence-corrected chi connectivity index (χ0v) is 23.2. The summed E-state index contributed by atoms with van der Waals surface area (Å²) in [5, 5.41) is 0. The van der Waals surface area contributed by atoms with E-state index in [1.54, 1.807) is 0 Å². The Kier molecular flexibility index (Phi) is 17.4. The van der Waals surface area contributed by atoms with E-state index in [4.69, 9.17) is 4.74 Å². The van der Waals surface area contributed by atoms with Gasteiger partial charge in [0.1, 0.15) is 12.4 Å². The first-order valence-electron chi connectivity index (χ1n) is 15.1. The number of nitrogens with zero attached hydrogens (tertiary/aromatic N) is 2. The van der Waals surface area contributed by atoms with E-state index in [9.17, 15) is 0 Å². The minimum Gasteiger partial charge on any atom is -0.342 e. The first-order valence-corrected chi connectivity index (χ1v) is 15.1. The zero-order chi connectivity index (χ0) is 24.8. The number of hydrogen-bond donors (Lipinski definition) is 0. The summed E-state index contributed by atoms with van der Waals surface area (Å²) in [6.07, 6.45) is 29.1. The standard InChI is InChI=1S/C32H55N2O/c1-3-5-7-9-10-11-12-13-14-15-16-17-18-23-29-35-30-34-28-27-33(26-22-8-6-4-2)32(34)31-24-20-19-21-25-31/h19-21,24-25,27-28H,3-18,22-23,26,29-30H2,1-2H3/q+1. The Balaban J connectivity index is 1.55. The monoisotopic (exact) mass is 483 g/mol. The summed E-state index contributed by atoms with van der Waals surface area (Å²) in [6, 6.07) is 10.8. The lowest BCUT2D eigenvalue weighted by Gasteiger charge is -2.07. The molecule has 3 nitrogen and oxygen atoms in total. The molecular weight excluding hydrogens is 428 g/mol. The fourth-order valence-corrected chi connectivity index (χ4v) is 4.94. The molecule has 0 aliphatic heterocycles. The zero-order valence-electron chi connectivity index (χ0n) is 23.2. The van der Waals surface area contributed by atoms with Gasteiger partial charge in [-0.15, -0.1) is 0 Å². The van der Waals surface area contributed by atoms with Crippen molar-refractivity contribution < 1.29 is 9.30 Å². The van der Waals surface area contributed by atoms with Crippen molar-refractivity contribution in [3.05, 3.63) is 42.7 Å². The third-order valence-corrected chi connectivity index (χ3v) is 7.13. The molecule has 0 saturated heterocycles. The molecule has 2 aromatic rings. The van der Waals surface area contributed by atoms with Crippen molar-refractivity contribution in [2.24, 2.45) is 0 Å². The molecule has 198 valence electrons. The second kappa shape index (κ2) is 20.6. The molecule has 0 bridgehead atoms. The summed E-state index contributed by atoms with van der Waals surface area (Å²) < 4.78 is 10.8. The fourth-order valence-electron chi connectivity index (χ4n) is 4.94. The lowest BCUT2D eigenvalue weighted by Crippen LogP contribution is -2.36. The van der Waals surface area contributed by atoms with Gasteiger partial charge >= 0.3 is 0 Å². The minimum absolute atomic E-state index is 0.643. The second-order valence-corrected chi connectivity index (χ2v) is 10.3. The third kappa shape index (κ3) is 13.3. The molecule has 1 heterocycles. The number of rotatable bonds is 23. The summed E-state index contributed by atoms with van der Waals surface area (Å²) in [5.41, 5.74) is 1.27. The molecule has 0 aliphatic carbocycles. The van der Waals surface area contributed by atoms with Crippen LogP contribution in [0.25, 0.3) is 11.4 Å². The normalized spacial score (nSPS) is 11.4.